The van der Waals surface area contributed by atoms with Crippen LogP contribution in [0, 0.1) is 0 Å². The number of ether oxygens (including phenoxy) is 1. The van der Waals surface area contributed by atoms with E-state index in [4.69, 9.17) is 9.84 Å². The summed E-state index contributed by atoms with van der Waals surface area (Å²) in [5.41, 5.74) is 0. The minimum Gasteiger partial charge on any atom is -0.464 e. The Hall–Kier alpha value is -1.08. The second kappa shape index (κ2) is 6.49. The van der Waals surface area contributed by atoms with E-state index >= 15 is 0 Å². The van der Waals surface area contributed by atoms with Crippen molar-refractivity contribution in [3.8, 4) is 6.01 Å². The number of anilines is 1. The molecular formula is C9H16N4O2S. The summed E-state index contributed by atoms with van der Waals surface area (Å²) in [7, 11) is 1.73. The quantitative estimate of drug-likeness (QED) is 0.716. The third-order valence-corrected chi connectivity index (χ3v) is 2.60. The van der Waals surface area contributed by atoms with Gasteiger partial charge in [0.2, 0.25) is 5.95 Å². The lowest BCUT2D eigenvalue weighted by molar-refractivity contribution is 0.299. The molecule has 0 aromatic carbocycles. The minimum absolute atomic E-state index is 0.0431. The molecule has 0 radical (unpaired) electrons. The Labute approximate surface area is 98.9 Å². The third-order valence-electron chi connectivity index (χ3n) is 1.66. The number of aliphatic hydroxyl groups excluding tert-OH is 1. The monoisotopic (exact) mass is 244 g/mol. The summed E-state index contributed by atoms with van der Waals surface area (Å²) >= 11 is 1.38. The number of rotatable bonds is 6. The van der Waals surface area contributed by atoms with Crippen molar-refractivity contribution in [1.29, 1.82) is 0 Å². The molecule has 1 atom stereocenters. The zero-order valence-corrected chi connectivity index (χ0v) is 10.4. The number of hydrogen-bond acceptors (Lipinski definition) is 7. The van der Waals surface area contributed by atoms with E-state index in [0.717, 1.165) is 0 Å². The molecule has 0 aliphatic rings. The van der Waals surface area contributed by atoms with Gasteiger partial charge in [-0.2, -0.15) is 15.0 Å². The van der Waals surface area contributed by atoms with Gasteiger partial charge in [0.1, 0.15) is 0 Å². The molecule has 6 nitrogen and oxygen atoms in total. The SMILES string of the molecule is CCOc1nc(NC)nc(SC(C)CO)n1. The zero-order valence-electron chi connectivity index (χ0n) is 9.60. The Balaban J connectivity index is 2.85. The smallest absolute Gasteiger partial charge is 0.322 e. The number of aromatic nitrogens is 3. The van der Waals surface area contributed by atoms with Crippen molar-refractivity contribution in [1.82, 2.24) is 15.0 Å². The molecule has 90 valence electrons. The minimum atomic E-state index is 0.0431. The van der Waals surface area contributed by atoms with E-state index in [2.05, 4.69) is 20.3 Å². The van der Waals surface area contributed by atoms with Gasteiger partial charge >= 0.3 is 6.01 Å². The van der Waals surface area contributed by atoms with Crippen LogP contribution in [0.4, 0.5) is 5.95 Å². The second-order valence-corrected chi connectivity index (χ2v) is 4.42. The molecule has 0 aliphatic heterocycles. The number of thioether (sulfide) groups is 1. The molecule has 1 unspecified atom stereocenters. The van der Waals surface area contributed by atoms with Gasteiger partial charge in [0.05, 0.1) is 13.2 Å². The Morgan fingerprint density at radius 1 is 1.44 bits per heavy atom. The Bertz CT molecular complexity index is 337. The van der Waals surface area contributed by atoms with Crippen molar-refractivity contribution in [3.05, 3.63) is 0 Å². The van der Waals surface area contributed by atoms with Gasteiger partial charge in [-0.3, -0.25) is 0 Å². The van der Waals surface area contributed by atoms with Gasteiger partial charge in [-0.05, 0) is 6.92 Å². The molecule has 0 bridgehead atoms. The highest BCUT2D eigenvalue weighted by Gasteiger charge is 2.10. The van der Waals surface area contributed by atoms with E-state index in [1.807, 2.05) is 13.8 Å². The molecule has 7 heteroatoms. The third kappa shape index (κ3) is 3.82. The number of nitrogens with zero attached hydrogens (tertiary/aromatic N) is 3. The number of aliphatic hydroxyl groups is 1. The van der Waals surface area contributed by atoms with Crippen LogP contribution in [0.1, 0.15) is 13.8 Å². The molecular weight excluding hydrogens is 228 g/mol. The highest BCUT2D eigenvalue weighted by molar-refractivity contribution is 7.99. The molecule has 0 fully saturated rings. The van der Waals surface area contributed by atoms with Gasteiger partial charge in [0, 0.05) is 12.3 Å². The average molecular weight is 244 g/mol. The highest BCUT2D eigenvalue weighted by atomic mass is 32.2. The lowest BCUT2D eigenvalue weighted by Gasteiger charge is -2.08. The summed E-state index contributed by atoms with van der Waals surface area (Å²) in [5, 5.41) is 12.4. The molecule has 2 N–H and O–H groups in total. The Morgan fingerprint density at radius 3 is 2.75 bits per heavy atom. The van der Waals surface area contributed by atoms with Crippen molar-refractivity contribution < 1.29 is 9.84 Å². The maximum Gasteiger partial charge on any atom is 0.322 e. The molecule has 1 heterocycles. The largest absolute Gasteiger partial charge is 0.464 e. The van der Waals surface area contributed by atoms with Crippen LogP contribution in [0.5, 0.6) is 6.01 Å². The topological polar surface area (TPSA) is 80.2 Å². The van der Waals surface area contributed by atoms with Crippen molar-refractivity contribution in [3.63, 3.8) is 0 Å². The summed E-state index contributed by atoms with van der Waals surface area (Å²) < 4.78 is 5.23. The van der Waals surface area contributed by atoms with Crippen molar-refractivity contribution in [2.24, 2.45) is 0 Å². The molecule has 0 amide bonds. The molecule has 1 aromatic rings. The Morgan fingerprint density at radius 2 is 2.19 bits per heavy atom. The van der Waals surface area contributed by atoms with E-state index in [1.165, 1.54) is 11.8 Å². The van der Waals surface area contributed by atoms with Gasteiger partial charge in [0.25, 0.3) is 0 Å². The summed E-state index contributed by atoms with van der Waals surface area (Å²) in [6.45, 7) is 4.35. The van der Waals surface area contributed by atoms with E-state index < -0.39 is 0 Å². The van der Waals surface area contributed by atoms with Crippen LogP contribution in [-0.2, 0) is 0 Å². The van der Waals surface area contributed by atoms with E-state index in [0.29, 0.717) is 23.7 Å². The zero-order chi connectivity index (χ0) is 12.0. The Kier molecular flexibility index (Phi) is 5.27. The number of nitrogens with one attached hydrogen (secondary N) is 1. The highest BCUT2D eigenvalue weighted by Crippen LogP contribution is 2.21. The fraction of sp³-hybridized carbons (Fsp3) is 0.667. The second-order valence-electron chi connectivity index (χ2n) is 3.02. The van der Waals surface area contributed by atoms with Crippen LogP contribution in [-0.4, -0.2) is 45.6 Å². The van der Waals surface area contributed by atoms with E-state index in [1.54, 1.807) is 7.05 Å². The lowest BCUT2D eigenvalue weighted by Crippen LogP contribution is -2.08. The first-order chi connectivity index (χ1) is 7.69. The van der Waals surface area contributed by atoms with Crippen LogP contribution in [0.2, 0.25) is 0 Å². The lowest BCUT2D eigenvalue weighted by atomic mass is 10.5. The van der Waals surface area contributed by atoms with Crippen LogP contribution in [0.15, 0.2) is 5.16 Å². The standard InChI is InChI=1S/C9H16N4O2S/c1-4-15-8-11-7(10-3)12-9(13-8)16-6(2)5-14/h6,14H,4-5H2,1-3H3,(H,10,11,12,13). The van der Waals surface area contributed by atoms with Crippen molar-refractivity contribution >= 4 is 17.7 Å². The molecule has 1 rings (SSSR count). The molecule has 0 saturated heterocycles. The maximum absolute atomic E-state index is 8.96. The van der Waals surface area contributed by atoms with Crippen LogP contribution in [0.3, 0.4) is 0 Å². The first-order valence-corrected chi connectivity index (χ1v) is 5.91. The normalized spacial score (nSPS) is 12.2. The molecule has 0 aliphatic carbocycles. The van der Waals surface area contributed by atoms with Crippen LogP contribution >= 0.6 is 11.8 Å². The van der Waals surface area contributed by atoms with Gasteiger partial charge < -0.3 is 15.2 Å². The van der Waals surface area contributed by atoms with Gasteiger partial charge in [-0.15, -0.1) is 0 Å². The molecule has 0 saturated carbocycles. The van der Waals surface area contributed by atoms with Crippen molar-refractivity contribution in [2.75, 3.05) is 25.6 Å². The first-order valence-electron chi connectivity index (χ1n) is 5.03. The molecule has 16 heavy (non-hydrogen) atoms. The van der Waals surface area contributed by atoms with Crippen LogP contribution < -0.4 is 10.1 Å². The molecule has 1 aromatic heterocycles. The summed E-state index contributed by atoms with van der Waals surface area (Å²) in [6, 6.07) is 0.300. The molecule has 0 spiro atoms. The average Bonchev–Trinajstić information content (AvgIpc) is 2.29. The van der Waals surface area contributed by atoms with Gasteiger partial charge in [-0.1, -0.05) is 18.7 Å². The van der Waals surface area contributed by atoms with Gasteiger partial charge in [-0.25, -0.2) is 0 Å². The van der Waals surface area contributed by atoms with E-state index in [9.17, 15) is 0 Å². The summed E-state index contributed by atoms with van der Waals surface area (Å²) in [5.74, 6) is 0.464. The predicted molar refractivity (Wildman–Crippen MR) is 62.9 cm³/mol. The van der Waals surface area contributed by atoms with E-state index in [-0.39, 0.29) is 11.9 Å². The van der Waals surface area contributed by atoms with Crippen molar-refractivity contribution in [2.45, 2.75) is 24.3 Å². The maximum atomic E-state index is 8.96. The predicted octanol–water partition coefficient (Wildman–Crippen LogP) is 0.785. The summed E-state index contributed by atoms with van der Waals surface area (Å²) in [4.78, 5) is 12.3. The summed E-state index contributed by atoms with van der Waals surface area (Å²) in [6.07, 6.45) is 0. The fourth-order valence-electron chi connectivity index (χ4n) is 0.913. The fourth-order valence-corrected chi connectivity index (χ4v) is 1.62. The van der Waals surface area contributed by atoms with Gasteiger partial charge in [0.15, 0.2) is 5.16 Å². The van der Waals surface area contributed by atoms with Crippen LogP contribution in [0.25, 0.3) is 0 Å². The number of hydrogen-bond donors (Lipinski definition) is 2. The first kappa shape index (κ1) is 13.0.